The smallest absolute Gasteiger partial charge is 0.126 e. The lowest BCUT2D eigenvalue weighted by Gasteiger charge is -2.28. The van der Waals surface area contributed by atoms with Gasteiger partial charge in [0.25, 0.3) is 0 Å². The average Bonchev–Trinajstić information content (AvgIpc) is 2.41. The second kappa shape index (κ2) is 6.19. The van der Waals surface area contributed by atoms with Crippen LogP contribution in [0.1, 0.15) is 31.2 Å². The molecule has 0 bridgehead atoms. The lowest BCUT2D eigenvalue weighted by Crippen LogP contribution is -2.32. The zero-order valence-corrected chi connectivity index (χ0v) is 11.3. The van der Waals surface area contributed by atoms with Crippen molar-refractivity contribution in [3.8, 4) is 0 Å². The van der Waals surface area contributed by atoms with Crippen molar-refractivity contribution in [2.45, 2.75) is 38.6 Å². The lowest BCUT2D eigenvalue weighted by molar-refractivity contribution is 0.312. The molecule has 100 valence electrons. The first-order valence-electron chi connectivity index (χ1n) is 6.86. The van der Waals surface area contributed by atoms with Crippen LogP contribution in [0.3, 0.4) is 0 Å². The Morgan fingerprint density at radius 2 is 1.94 bits per heavy atom. The molecule has 0 spiro atoms. The molecule has 1 fully saturated rings. The summed E-state index contributed by atoms with van der Waals surface area (Å²) in [5, 5.41) is 6.78. The average molecular weight is 250 g/mol. The van der Waals surface area contributed by atoms with Crippen LogP contribution < -0.4 is 10.6 Å². The van der Waals surface area contributed by atoms with E-state index in [9.17, 15) is 4.39 Å². The fraction of sp³-hybridized carbons (Fsp3) is 0.600. The van der Waals surface area contributed by atoms with Crippen LogP contribution in [0, 0.1) is 18.7 Å². The number of hydrogen-bond acceptors (Lipinski definition) is 2. The third kappa shape index (κ3) is 3.45. The molecule has 1 aromatic rings. The molecule has 2 N–H and O–H groups in total. The molecular weight excluding hydrogens is 227 g/mol. The van der Waals surface area contributed by atoms with Crippen molar-refractivity contribution in [2.75, 3.05) is 18.9 Å². The van der Waals surface area contributed by atoms with Crippen molar-refractivity contribution in [2.24, 2.45) is 5.92 Å². The summed E-state index contributed by atoms with van der Waals surface area (Å²) < 4.78 is 13.1. The zero-order chi connectivity index (χ0) is 13.0. The van der Waals surface area contributed by atoms with Gasteiger partial charge in [-0.1, -0.05) is 0 Å². The van der Waals surface area contributed by atoms with Gasteiger partial charge in [-0.15, -0.1) is 0 Å². The third-order valence-electron chi connectivity index (χ3n) is 4.01. The topological polar surface area (TPSA) is 24.1 Å². The van der Waals surface area contributed by atoms with Crippen molar-refractivity contribution in [3.05, 3.63) is 29.6 Å². The summed E-state index contributed by atoms with van der Waals surface area (Å²) in [7, 11) is 2.05. The van der Waals surface area contributed by atoms with E-state index in [1.165, 1.54) is 31.7 Å². The van der Waals surface area contributed by atoms with E-state index in [1.54, 1.807) is 6.92 Å². The molecule has 0 aromatic heterocycles. The van der Waals surface area contributed by atoms with Gasteiger partial charge in [0.1, 0.15) is 5.82 Å². The van der Waals surface area contributed by atoms with Crippen LogP contribution in [-0.2, 0) is 0 Å². The van der Waals surface area contributed by atoms with Gasteiger partial charge in [-0.3, -0.25) is 0 Å². The van der Waals surface area contributed by atoms with Crippen molar-refractivity contribution in [3.63, 3.8) is 0 Å². The summed E-state index contributed by atoms with van der Waals surface area (Å²) in [5.41, 5.74) is 1.74. The molecule has 1 aliphatic rings. The van der Waals surface area contributed by atoms with Crippen LogP contribution in [0.2, 0.25) is 0 Å². The molecule has 0 aliphatic heterocycles. The van der Waals surface area contributed by atoms with E-state index in [-0.39, 0.29) is 5.82 Å². The summed E-state index contributed by atoms with van der Waals surface area (Å²) in [6.07, 6.45) is 5.09. The zero-order valence-electron chi connectivity index (χ0n) is 11.3. The Hall–Kier alpha value is -1.09. The number of hydrogen-bond donors (Lipinski definition) is 2. The first kappa shape index (κ1) is 13.3. The van der Waals surface area contributed by atoms with Crippen LogP contribution in [0.5, 0.6) is 0 Å². The van der Waals surface area contributed by atoms with Crippen LogP contribution in [-0.4, -0.2) is 19.6 Å². The molecule has 18 heavy (non-hydrogen) atoms. The second-order valence-electron chi connectivity index (χ2n) is 5.35. The van der Waals surface area contributed by atoms with E-state index in [2.05, 4.69) is 10.6 Å². The number of rotatable bonds is 4. The highest BCUT2D eigenvalue weighted by molar-refractivity contribution is 5.45. The minimum Gasteiger partial charge on any atom is -0.385 e. The highest BCUT2D eigenvalue weighted by Crippen LogP contribution is 2.24. The molecule has 0 unspecified atom stereocenters. The standard InChI is InChI=1S/C15H23FN2/c1-11-9-14(7-8-15(11)16)18-10-12-3-5-13(17-2)6-4-12/h7-9,12-13,17-18H,3-6,10H2,1-2H3. The molecule has 0 atom stereocenters. The van der Waals surface area contributed by atoms with E-state index < -0.39 is 0 Å². The summed E-state index contributed by atoms with van der Waals surface area (Å²) >= 11 is 0. The van der Waals surface area contributed by atoms with E-state index in [0.717, 1.165) is 18.2 Å². The van der Waals surface area contributed by atoms with Crippen molar-refractivity contribution < 1.29 is 4.39 Å². The first-order valence-corrected chi connectivity index (χ1v) is 6.86. The molecule has 0 heterocycles. The molecule has 1 saturated carbocycles. The van der Waals surface area contributed by atoms with Gasteiger partial charge in [0.2, 0.25) is 0 Å². The predicted molar refractivity (Wildman–Crippen MR) is 74.4 cm³/mol. The number of halogens is 1. The number of anilines is 1. The summed E-state index contributed by atoms with van der Waals surface area (Å²) in [6.45, 7) is 2.81. The third-order valence-corrected chi connectivity index (χ3v) is 4.01. The van der Waals surface area contributed by atoms with Crippen LogP contribution in [0.4, 0.5) is 10.1 Å². The van der Waals surface area contributed by atoms with E-state index in [0.29, 0.717) is 11.6 Å². The first-order chi connectivity index (χ1) is 8.69. The summed E-state index contributed by atoms with van der Waals surface area (Å²) in [4.78, 5) is 0. The molecule has 2 nitrogen and oxygen atoms in total. The highest BCUT2D eigenvalue weighted by Gasteiger charge is 2.19. The molecule has 0 amide bonds. The predicted octanol–water partition coefficient (Wildman–Crippen LogP) is 3.32. The Morgan fingerprint density at radius 3 is 2.56 bits per heavy atom. The minimum absolute atomic E-state index is 0.130. The largest absolute Gasteiger partial charge is 0.385 e. The van der Waals surface area contributed by atoms with E-state index in [4.69, 9.17) is 0 Å². The van der Waals surface area contributed by atoms with Gasteiger partial charge in [0.05, 0.1) is 0 Å². The lowest BCUT2D eigenvalue weighted by atomic mass is 9.86. The Morgan fingerprint density at radius 1 is 1.22 bits per heavy atom. The van der Waals surface area contributed by atoms with Crippen LogP contribution in [0.15, 0.2) is 18.2 Å². The number of aryl methyl sites for hydroxylation is 1. The molecular formula is C15H23FN2. The SMILES string of the molecule is CNC1CCC(CNc2ccc(F)c(C)c2)CC1. The van der Waals surface area contributed by atoms with Gasteiger partial charge in [0.15, 0.2) is 0 Å². The molecule has 3 heteroatoms. The normalized spacial score (nSPS) is 23.9. The molecule has 1 aliphatic carbocycles. The number of nitrogens with one attached hydrogen (secondary N) is 2. The fourth-order valence-corrected chi connectivity index (χ4v) is 2.67. The maximum absolute atomic E-state index is 13.1. The minimum atomic E-state index is -0.130. The quantitative estimate of drug-likeness (QED) is 0.856. The Labute approximate surface area is 109 Å². The van der Waals surface area contributed by atoms with Crippen LogP contribution >= 0.6 is 0 Å². The Kier molecular flexibility index (Phi) is 4.59. The maximum atomic E-state index is 13.1. The molecule has 2 rings (SSSR count). The Balaban J connectivity index is 1.79. The van der Waals surface area contributed by atoms with Gasteiger partial charge in [0, 0.05) is 18.3 Å². The second-order valence-corrected chi connectivity index (χ2v) is 5.35. The monoisotopic (exact) mass is 250 g/mol. The Bertz CT molecular complexity index is 384. The van der Waals surface area contributed by atoms with Gasteiger partial charge >= 0.3 is 0 Å². The van der Waals surface area contributed by atoms with Crippen molar-refractivity contribution in [1.82, 2.24) is 5.32 Å². The van der Waals surface area contributed by atoms with Gasteiger partial charge < -0.3 is 10.6 Å². The maximum Gasteiger partial charge on any atom is 0.126 e. The van der Waals surface area contributed by atoms with Crippen LogP contribution in [0.25, 0.3) is 0 Å². The molecule has 0 saturated heterocycles. The van der Waals surface area contributed by atoms with E-state index in [1.807, 2.05) is 19.2 Å². The molecule has 0 radical (unpaired) electrons. The summed E-state index contributed by atoms with van der Waals surface area (Å²) in [6, 6.07) is 5.94. The highest BCUT2D eigenvalue weighted by atomic mass is 19.1. The van der Waals surface area contributed by atoms with Crippen molar-refractivity contribution in [1.29, 1.82) is 0 Å². The van der Waals surface area contributed by atoms with E-state index >= 15 is 0 Å². The molecule has 1 aromatic carbocycles. The van der Waals surface area contributed by atoms with Gasteiger partial charge in [-0.25, -0.2) is 4.39 Å². The van der Waals surface area contributed by atoms with Gasteiger partial charge in [-0.05, 0) is 69.3 Å². The summed E-state index contributed by atoms with van der Waals surface area (Å²) in [5.74, 6) is 0.620. The van der Waals surface area contributed by atoms with Crippen molar-refractivity contribution >= 4 is 5.69 Å². The fourth-order valence-electron chi connectivity index (χ4n) is 2.67. The van der Waals surface area contributed by atoms with Gasteiger partial charge in [-0.2, -0.15) is 0 Å². The number of benzene rings is 1.